The summed E-state index contributed by atoms with van der Waals surface area (Å²) >= 11 is 0. The van der Waals surface area contributed by atoms with Gasteiger partial charge in [-0.25, -0.2) is 4.79 Å². The molecule has 0 N–H and O–H groups in total. The van der Waals surface area contributed by atoms with Gasteiger partial charge in [0.05, 0.1) is 23.9 Å². The van der Waals surface area contributed by atoms with E-state index in [9.17, 15) is 4.79 Å². The molecule has 20 heavy (non-hydrogen) atoms. The molecule has 0 fully saturated rings. The van der Waals surface area contributed by atoms with Crippen molar-refractivity contribution in [2.75, 3.05) is 7.11 Å². The van der Waals surface area contributed by atoms with Gasteiger partial charge < -0.3 is 9.47 Å². The van der Waals surface area contributed by atoms with Crippen LogP contribution in [-0.4, -0.2) is 24.2 Å². The minimum absolute atomic E-state index is 0.366. The summed E-state index contributed by atoms with van der Waals surface area (Å²) in [6, 6.07) is 8.99. The number of methoxy groups -OCH3 is 1. The number of carbonyl (C=O) groups excluding carboxylic acids is 1. The number of hydrogen-bond donors (Lipinski definition) is 0. The van der Waals surface area contributed by atoms with E-state index in [-0.39, 0.29) is 0 Å². The summed E-state index contributed by atoms with van der Waals surface area (Å²) in [5.74, 6) is 0.166. The van der Waals surface area contributed by atoms with E-state index in [1.54, 1.807) is 32.2 Å². The van der Waals surface area contributed by atoms with E-state index >= 15 is 0 Å². The minimum Gasteiger partial charge on any atom is -0.497 e. The molecule has 0 aliphatic heterocycles. The molecule has 2 rings (SSSR count). The number of nitriles is 1. The lowest BCUT2D eigenvalue weighted by atomic mass is 10.1. The van der Waals surface area contributed by atoms with Crippen molar-refractivity contribution in [1.82, 2.24) is 4.98 Å². The molecular weight excluding hydrogens is 256 g/mol. The molecule has 2 aromatic rings. The molecule has 0 saturated heterocycles. The monoisotopic (exact) mass is 270 g/mol. The molecule has 1 atom stereocenters. The van der Waals surface area contributed by atoms with Crippen LogP contribution < -0.4 is 4.74 Å². The van der Waals surface area contributed by atoms with Crippen molar-refractivity contribution in [3.63, 3.8) is 0 Å². The number of nitrogens with zero attached hydrogens (tertiary/aromatic N) is 2. The van der Waals surface area contributed by atoms with Crippen molar-refractivity contribution >= 4 is 16.9 Å². The van der Waals surface area contributed by atoms with Crippen LogP contribution in [-0.2, 0) is 4.74 Å². The molecule has 0 aliphatic carbocycles. The second-order valence-electron chi connectivity index (χ2n) is 4.36. The van der Waals surface area contributed by atoms with Crippen LogP contribution in [0.4, 0.5) is 0 Å². The molecule has 0 bridgehead atoms. The molecule has 1 aromatic heterocycles. The Balaban J connectivity index is 2.43. The molecule has 0 saturated carbocycles. The Morgan fingerprint density at radius 1 is 1.40 bits per heavy atom. The molecule has 0 unspecified atom stereocenters. The van der Waals surface area contributed by atoms with Crippen molar-refractivity contribution < 1.29 is 14.3 Å². The van der Waals surface area contributed by atoms with E-state index in [1.165, 1.54) is 6.92 Å². The van der Waals surface area contributed by atoms with Crippen molar-refractivity contribution in [1.29, 1.82) is 5.26 Å². The zero-order valence-electron chi connectivity index (χ0n) is 11.5. The van der Waals surface area contributed by atoms with Gasteiger partial charge in [0.25, 0.3) is 0 Å². The second kappa shape index (κ2) is 5.57. The van der Waals surface area contributed by atoms with Crippen LogP contribution in [0.2, 0.25) is 0 Å². The largest absolute Gasteiger partial charge is 0.497 e. The highest BCUT2D eigenvalue weighted by Crippen LogP contribution is 2.22. The van der Waals surface area contributed by atoms with E-state index < -0.39 is 12.1 Å². The van der Waals surface area contributed by atoms with E-state index in [1.807, 2.05) is 12.1 Å². The average Bonchev–Trinajstić information content (AvgIpc) is 2.45. The van der Waals surface area contributed by atoms with Gasteiger partial charge in [-0.15, -0.1) is 0 Å². The third kappa shape index (κ3) is 2.69. The molecule has 1 aromatic carbocycles. The summed E-state index contributed by atoms with van der Waals surface area (Å²) in [7, 11) is 1.59. The van der Waals surface area contributed by atoms with Crippen LogP contribution in [0.3, 0.4) is 0 Å². The SMILES string of the molecule is COc1ccc2cc(C(=O)O[C@@H](C)C#N)c(C)nc2c1. The van der Waals surface area contributed by atoms with Gasteiger partial charge in [-0.05, 0) is 32.0 Å². The van der Waals surface area contributed by atoms with Gasteiger partial charge in [-0.1, -0.05) is 0 Å². The zero-order chi connectivity index (χ0) is 14.7. The maximum Gasteiger partial charge on any atom is 0.341 e. The lowest BCUT2D eigenvalue weighted by Crippen LogP contribution is -2.14. The average molecular weight is 270 g/mol. The van der Waals surface area contributed by atoms with E-state index in [2.05, 4.69) is 4.98 Å². The first-order valence-electron chi connectivity index (χ1n) is 6.11. The Labute approximate surface area is 116 Å². The maximum absolute atomic E-state index is 12.0. The first-order chi connectivity index (χ1) is 9.55. The summed E-state index contributed by atoms with van der Waals surface area (Å²) in [5, 5.41) is 9.49. The van der Waals surface area contributed by atoms with Gasteiger partial charge in [0.2, 0.25) is 0 Å². The van der Waals surface area contributed by atoms with Crippen LogP contribution >= 0.6 is 0 Å². The molecule has 102 valence electrons. The molecule has 1 heterocycles. The topological polar surface area (TPSA) is 72.2 Å². The number of rotatable bonds is 3. The highest BCUT2D eigenvalue weighted by Gasteiger charge is 2.16. The van der Waals surface area contributed by atoms with Crippen molar-refractivity contribution in [2.45, 2.75) is 20.0 Å². The number of fused-ring (bicyclic) bond motifs is 1. The smallest absolute Gasteiger partial charge is 0.341 e. The van der Waals surface area contributed by atoms with Gasteiger partial charge in [0.1, 0.15) is 11.8 Å². The molecule has 0 spiro atoms. The Kier molecular flexibility index (Phi) is 3.85. The van der Waals surface area contributed by atoms with E-state index in [0.717, 1.165) is 10.9 Å². The molecular formula is C15H14N2O3. The predicted molar refractivity (Wildman–Crippen MR) is 73.5 cm³/mol. The Bertz CT molecular complexity index is 704. The van der Waals surface area contributed by atoms with Crippen LogP contribution in [0.15, 0.2) is 24.3 Å². The normalized spacial score (nSPS) is 11.7. The van der Waals surface area contributed by atoms with Crippen LogP contribution in [0, 0.1) is 18.3 Å². The summed E-state index contributed by atoms with van der Waals surface area (Å²) in [6.07, 6.45) is -0.784. The number of ether oxygens (including phenoxy) is 2. The Hall–Kier alpha value is -2.61. The Morgan fingerprint density at radius 2 is 2.15 bits per heavy atom. The first-order valence-corrected chi connectivity index (χ1v) is 6.11. The van der Waals surface area contributed by atoms with Crippen LogP contribution in [0.25, 0.3) is 10.9 Å². The predicted octanol–water partition coefficient (Wildman–Crippen LogP) is 2.62. The minimum atomic E-state index is -0.784. The third-order valence-electron chi connectivity index (χ3n) is 2.90. The molecule has 0 amide bonds. The lowest BCUT2D eigenvalue weighted by molar-refractivity contribution is 0.0434. The number of hydrogen-bond acceptors (Lipinski definition) is 5. The summed E-state index contributed by atoms with van der Waals surface area (Å²) in [5.41, 5.74) is 1.66. The van der Waals surface area contributed by atoms with Crippen molar-refractivity contribution in [3.05, 3.63) is 35.5 Å². The third-order valence-corrected chi connectivity index (χ3v) is 2.90. The number of pyridine rings is 1. The number of aromatic nitrogens is 1. The van der Waals surface area contributed by atoms with Gasteiger partial charge in [-0.3, -0.25) is 4.98 Å². The highest BCUT2D eigenvalue weighted by molar-refractivity contribution is 5.95. The van der Waals surface area contributed by atoms with Crippen molar-refractivity contribution in [2.24, 2.45) is 0 Å². The van der Waals surface area contributed by atoms with Gasteiger partial charge >= 0.3 is 5.97 Å². The van der Waals surface area contributed by atoms with Crippen LogP contribution in [0.1, 0.15) is 23.0 Å². The fourth-order valence-corrected chi connectivity index (χ4v) is 1.83. The quantitative estimate of drug-likeness (QED) is 0.802. The van der Waals surface area contributed by atoms with Gasteiger partial charge in [0, 0.05) is 11.5 Å². The number of benzene rings is 1. The molecule has 0 radical (unpaired) electrons. The summed E-state index contributed by atoms with van der Waals surface area (Å²) in [4.78, 5) is 16.3. The fraction of sp³-hybridized carbons (Fsp3) is 0.267. The van der Waals surface area contributed by atoms with Crippen LogP contribution in [0.5, 0.6) is 5.75 Å². The first kappa shape index (κ1) is 13.8. The standard InChI is InChI=1S/C15H14N2O3/c1-9(8-16)20-15(18)13-6-11-4-5-12(19-3)7-14(11)17-10(13)2/h4-7,9H,1-3H3/t9-/m0/s1. The van der Waals surface area contributed by atoms with E-state index in [4.69, 9.17) is 14.7 Å². The second-order valence-corrected chi connectivity index (χ2v) is 4.36. The fourth-order valence-electron chi connectivity index (χ4n) is 1.83. The molecule has 5 heteroatoms. The number of esters is 1. The molecule has 5 nitrogen and oxygen atoms in total. The van der Waals surface area contributed by atoms with Crippen molar-refractivity contribution in [3.8, 4) is 11.8 Å². The number of aryl methyl sites for hydroxylation is 1. The van der Waals surface area contributed by atoms with E-state index in [0.29, 0.717) is 17.0 Å². The van der Waals surface area contributed by atoms with Gasteiger partial charge in [0.15, 0.2) is 6.10 Å². The number of carbonyl (C=O) groups is 1. The zero-order valence-corrected chi connectivity index (χ0v) is 11.5. The Morgan fingerprint density at radius 3 is 2.80 bits per heavy atom. The summed E-state index contributed by atoms with van der Waals surface area (Å²) < 4.78 is 10.1. The highest BCUT2D eigenvalue weighted by atomic mass is 16.5. The lowest BCUT2D eigenvalue weighted by Gasteiger charge is -2.09. The molecule has 0 aliphatic rings. The maximum atomic E-state index is 12.0. The summed E-state index contributed by atoms with van der Waals surface area (Å²) in [6.45, 7) is 3.25. The van der Waals surface area contributed by atoms with Gasteiger partial charge in [-0.2, -0.15) is 5.26 Å².